The molecule has 0 aromatic heterocycles. The molecular formula is C13H15FN2O2S. The lowest BCUT2D eigenvalue weighted by Gasteiger charge is -2.21. The minimum absolute atomic E-state index is 0.0393. The van der Waals surface area contributed by atoms with E-state index < -0.39 is 11.9 Å². The Bertz CT molecular complexity index is 501. The number of halogens is 1. The summed E-state index contributed by atoms with van der Waals surface area (Å²) >= 11 is 4.75. The number of amides is 1. The van der Waals surface area contributed by atoms with Gasteiger partial charge in [0, 0.05) is 17.9 Å². The minimum Gasteiger partial charge on any atom is -0.389 e. The highest BCUT2D eigenvalue weighted by Gasteiger charge is 2.22. The molecule has 4 nitrogen and oxygen atoms in total. The van der Waals surface area contributed by atoms with Gasteiger partial charge in [-0.2, -0.15) is 0 Å². The summed E-state index contributed by atoms with van der Waals surface area (Å²) in [4.78, 5) is 11.9. The van der Waals surface area contributed by atoms with E-state index in [0.717, 1.165) is 12.8 Å². The molecule has 0 aliphatic carbocycles. The molecule has 1 saturated heterocycles. The summed E-state index contributed by atoms with van der Waals surface area (Å²) in [5, 5.41) is 2.69. The van der Waals surface area contributed by atoms with Crippen molar-refractivity contribution < 1.29 is 13.9 Å². The maximum atomic E-state index is 13.4. The molecule has 3 N–H and O–H groups in total. The Morgan fingerprint density at radius 1 is 1.47 bits per heavy atom. The second kappa shape index (κ2) is 6.08. The number of thiocarbonyl (C=S) groups is 1. The number of nitrogens with one attached hydrogen (secondary N) is 1. The lowest BCUT2D eigenvalue weighted by atomic mass is 10.1. The lowest BCUT2D eigenvalue weighted by Crippen LogP contribution is -2.33. The van der Waals surface area contributed by atoms with Crippen LogP contribution in [0.2, 0.25) is 0 Å². The van der Waals surface area contributed by atoms with Gasteiger partial charge in [-0.1, -0.05) is 12.2 Å². The molecule has 1 aliphatic heterocycles. The van der Waals surface area contributed by atoms with E-state index in [2.05, 4.69) is 5.32 Å². The van der Waals surface area contributed by atoms with Crippen molar-refractivity contribution in [2.45, 2.75) is 25.4 Å². The fourth-order valence-corrected chi connectivity index (χ4v) is 2.12. The van der Waals surface area contributed by atoms with Crippen LogP contribution in [0.25, 0.3) is 0 Å². The van der Waals surface area contributed by atoms with Gasteiger partial charge in [-0.3, -0.25) is 4.79 Å². The third-order valence-corrected chi connectivity index (χ3v) is 3.19. The van der Waals surface area contributed by atoms with Crippen molar-refractivity contribution in [3.8, 4) is 0 Å². The Hall–Kier alpha value is -1.53. The molecule has 1 amide bonds. The van der Waals surface area contributed by atoms with Gasteiger partial charge in [0.05, 0.1) is 0 Å². The van der Waals surface area contributed by atoms with E-state index in [-0.39, 0.29) is 16.5 Å². The Labute approximate surface area is 116 Å². The standard InChI is InChI=1S/C13H15FN2O2S/c14-10-5-4-8(7-9(10)12(15)19)16-13(17)11-3-1-2-6-18-11/h4-5,7,11H,1-3,6H2,(H2,15,19)(H,16,17). The van der Waals surface area contributed by atoms with Crippen molar-refractivity contribution in [1.82, 2.24) is 0 Å². The zero-order chi connectivity index (χ0) is 13.8. The average Bonchev–Trinajstić information content (AvgIpc) is 2.41. The minimum atomic E-state index is -0.501. The highest BCUT2D eigenvalue weighted by molar-refractivity contribution is 7.80. The Balaban J connectivity index is 2.08. The lowest BCUT2D eigenvalue weighted by molar-refractivity contribution is -0.129. The van der Waals surface area contributed by atoms with E-state index in [1.54, 1.807) is 0 Å². The number of hydrogen-bond acceptors (Lipinski definition) is 3. The molecule has 6 heteroatoms. The van der Waals surface area contributed by atoms with Crippen molar-refractivity contribution in [3.05, 3.63) is 29.6 Å². The van der Waals surface area contributed by atoms with E-state index in [4.69, 9.17) is 22.7 Å². The van der Waals surface area contributed by atoms with Crippen molar-refractivity contribution in [2.24, 2.45) is 5.73 Å². The zero-order valence-corrected chi connectivity index (χ0v) is 11.1. The predicted molar refractivity (Wildman–Crippen MR) is 74.5 cm³/mol. The summed E-state index contributed by atoms with van der Waals surface area (Å²) in [5.74, 6) is -0.723. The van der Waals surface area contributed by atoms with Crippen molar-refractivity contribution >= 4 is 28.8 Å². The van der Waals surface area contributed by atoms with Gasteiger partial charge in [0.2, 0.25) is 0 Å². The highest BCUT2D eigenvalue weighted by atomic mass is 32.1. The number of carbonyl (C=O) groups excluding carboxylic acids is 1. The van der Waals surface area contributed by atoms with Gasteiger partial charge in [0.15, 0.2) is 0 Å². The van der Waals surface area contributed by atoms with E-state index in [1.807, 2.05) is 0 Å². The second-order valence-corrected chi connectivity index (χ2v) is 4.84. The fraction of sp³-hybridized carbons (Fsp3) is 0.385. The highest BCUT2D eigenvalue weighted by Crippen LogP contribution is 2.18. The zero-order valence-electron chi connectivity index (χ0n) is 10.3. The summed E-state index contributed by atoms with van der Waals surface area (Å²) in [5.41, 5.74) is 6.00. The van der Waals surface area contributed by atoms with Gasteiger partial charge in [0.25, 0.3) is 5.91 Å². The molecule has 0 saturated carbocycles. The molecule has 1 atom stereocenters. The summed E-state index contributed by atoms with van der Waals surface area (Å²) < 4.78 is 18.8. The molecule has 1 aromatic carbocycles. The summed E-state index contributed by atoms with van der Waals surface area (Å²) in [6.45, 7) is 0.597. The number of benzene rings is 1. The van der Waals surface area contributed by atoms with Crippen LogP contribution in [0, 0.1) is 5.82 Å². The number of rotatable bonds is 3. The van der Waals surface area contributed by atoms with Crippen molar-refractivity contribution in [1.29, 1.82) is 0 Å². The SMILES string of the molecule is NC(=S)c1cc(NC(=O)C2CCCCO2)ccc1F. The van der Waals surface area contributed by atoms with Crippen LogP contribution >= 0.6 is 12.2 Å². The predicted octanol–water partition coefficient (Wildman–Crippen LogP) is 1.97. The van der Waals surface area contributed by atoms with Gasteiger partial charge in [0.1, 0.15) is 16.9 Å². The molecule has 1 aromatic rings. The van der Waals surface area contributed by atoms with Crippen LogP contribution in [0.4, 0.5) is 10.1 Å². The summed E-state index contributed by atoms with van der Waals surface area (Å²) in [6, 6.07) is 4.13. The van der Waals surface area contributed by atoms with E-state index >= 15 is 0 Å². The molecular weight excluding hydrogens is 267 g/mol. The first-order valence-corrected chi connectivity index (χ1v) is 6.50. The summed E-state index contributed by atoms with van der Waals surface area (Å²) in [7, 11) is 0. The number of nitrogens with two attached hydrogens (primary N) is 1. The van der Waals surface area contributed by atoms with Gasteiger partial charge in [-0.05, 0) is 37.5 Å². The normalized spacial score (nSPS) is 18.9. The quantitative estimate of drug-likeness (QED) is 0.832. The van der Waals surface area contributed by atoms with Crippen LogP contribution in [0.1, 0.15) is 24.8 Å². The van der Waals surface area contributed by atoms with Gasteiger partial charge in [-0.25, -0.2) is 4.39 Å². The number of hydrogen-bond donors (Lipinski definition) is 2. The second-order valence-electron chi connectivity index (χ2n) is 4.40. The van der Waals surface area contributed by atoms with E-state index in [0.29, 0.717) is 18.7 Å². The third-order valence-electron chi connectivity index (χ3n) is 2.97. The molecule has 102 valence electrons. The Morgan fingerprint density at radius 3 is 2.89 bits per heavy atom. The molecule has 19 heavy (non-hydrogen) atoms. The molecule has 1 fully saturated rings. The summed E-state index contributed by atoms with van der Waals surface area (Å²) in [6.07, 6.45) is 2.22. The van der Waals surface area contributed by atoms with Gasteiger partial charge < -0.3 is 15.8 Å². The molecule has 1 unspecified atom stereocenters. The monoisotopic (exact) mass is 282 g/mol. The molecule has 1 heterocycles. The topological polar surface area (TPSA) is 64.3 Å². The Kier molecular flexibility index (Phi) is 4.44. The van der Waals surface area contributed by atoms with Crippen molar-refractivity contribution in [3.63, 3.8) is 0 Å². The van der Waals surface area contributed by atoms with Crippen LogP contribution in [-0.2, 0) is 9.53 Å². The maximum absolute atomic E-state index is 13.4. The van der Waals surface area contributed by atoms with Gasteiger partial charge in [-0.15, -0.1) is 0 Å². The van der Waals surface area contributed by atoms with Crippen LogP contribution in [0.5, 0.6) is 0 Å². The maximum Gasteiger partial charge on any atom is 0.253 e. The molecule has 0 spiro atoms. The molecule has 2 rings (SSSR count). The van der Waals surface area contributed by atoms with Crippen LogP contribution in [-0.4, -0.2) is 23.6 Å². The van der Waals surface area contributed by atoms with Crippen LogP contribution < -0.4 is 11.1 Å². The number of ether oxygens (including phenoxy) is 1. The van der Waals surface area contributed by atoms with Gasteiger partial charge >= 0.3 is 0 Å². The molecule has 0 bridgehead atoms. The fourth-order valence-electron chi connectivity index (χ4n) is 1.96. The third kappa shape index (κ3) is 3.48. The van der Waals surface area contributed by atoms with E-state index in [9.17, 15) is 9.18 Å². The first-order chi connectivity index (χ1) is 9.08. The van der Waals surface area contributed by atoms with E-state index in [1.165, 1.54) is 18.2 Å². The van der Waals surface area contributed by atoms with Crippen molar-refractivity contribution in [2.75, 3.05) is 11.9 Å². The molecule has 1 aliphatic rings. The number of carbonyl (C=O) groups is 1. The largest absolute Gasteiger partial charge is 0.389 e. The Morgan fingerprint density at radius 2 is 2.26 bits per heavy atom. The average molecular weight is 282 g/mol. The molecule has 0 radical (unpaired) electrons. The smallest absolute Gasteiger partial charge is 0.253 e. The van der Waals surface area contributed by atoms with Crippen LogP contribution in [0.15, 0.2) is 18.2 Å². The van der Waals surface area contributed by atoms with Crippen LogP contribution in [0.3, 0.4) is 0 Å². The first-order valence-electron chi connectivity index (χ1n) is 6.10. The number of anilines is 1. The first kappa shape index (κ1) is 13.9.